The van der Waals surface area contributed by atoms with E-state index in [4.69, 9.17) is 0 Å². The van der Waals surface area contributed by atoms with E-state index in [1.54, 1.807) is 62.6 Å². The zero-order chi connectivity index (χ0) is 17.8. The Kier molecular flexibility index (Phi) is 4.51. The van der Waals surface area contributed by atoms with Crippen molar-refractivity contribution < 1.29 is 9.59 Å². The van der Waals surface area contributed by atoms with Crippen LogP contribution in [0, 0.1) is 0 Å². The molecule has 0 aliphatic rings. The van der Waals surface area contributed by atoms with Crippen molar-refractivity contribution in [3.8, 4) is 5.69 Å². The van der Waals surface area contributed by atoms with Crippen LogP contribution >= 0.6 is 0 Å². The van der Waals surface area contributed by atoms with Gasteiger partial charge in [0.15, 0.2) is 0 Å². The van der Waals surface area contributed by atoms with Gasteiger partial charge in [-0.2, -0.15) is 0 Å². The number of carbonyl (C=O) groups is 2. The molecule has 3 aromatic rings. The van der Waals surface area contributed by atoms with Crippen molar-refractivity contribution in [1.82, 2.24) is 25.1 Å². The fourth-order valence-corrected chi connectivity index (χ4v) is 2.23. The molecule has 0 aliphatic carbocycles. The van der Waals surface area contributed by atoms with Crippen LogP contribution in [0.5, 0.6) is 0 Å². The fraction of sp³-hybridized carbons (Fsp3) is 0.118. The molecular formula is C17H16N6O2. The third-order valence-electron chi connectivity index (χ3n) is 3.52. The van der Waals surface area contributed by atoms with Gasteiger partial charge in [-0.1, -0.05) is 6.07 Å². The van der Waals surface area contributed by atoms with Crippen molar-refractivity contribution >= 4 is 17.5 Å². The normalized spacial score (nSPS) is 10.3. The van der Waals surface area contributed by atoms with Crippen molar-refractivity contribution in [2.24, 2.45) is 0 Å². The van der Waals surface area contributed by atoms with Crippen molar-refractivity contribution in [1.29, 1.82) is 0 Å². The Morgan fingerprint density at radius 3 is 2.44 bits per heavy atom. The maximum absolute atomic E-state index is 12.4. The lowest BCUT2D eigenvalue weighted by atomic mass is 10.1. The number of aromatic nitrogens is 4. The first-order valence-electron chi connectivity index (χ1n) is 7.51. The fourth-order valence-electron chi connectivity index (χ4n) is 2.23. The SMILES string of the molecule is CN(C)C(=O)c1ccc(NC(=O)c2cccc(-n3cnnn3)c2)cc1. The van der Waals surface area contributed by atoms with E-state index in [1.165, 1.54) is 15.9 Å². The van der Waals surface area contributed by atoms with E-state index in [2.05, 4.69) is 20.8 Å². The van der Waals surface area contributed by atoms with E-state index in [0.29, 0.717) is 22.5 Å². The summed E-state index contributed by atoms with van der Waals surface area (Å²) >= 11 is 0. The van der Waals surface area contributed by atoms with Crippen LogP contribution in [0.15, 0.2) is 54.9 Å². The van der Waals surface area contributed by atoms with E-state index in [1.807, 2.05) is 0 Å². The summed E-state index contributed by atoms with van der Waals surface area (Å²) in [6.07, 6.45) is 1.46. The highest BCUT2D eigenvalue weighted by Gasteiger charge is 2.10. The number of tetrazole rings is 1. The van der Waals surface area contributed by atoms with Crippen LogP contribution in [0.1, 0.15) is 20.7 Å². The van der Waals surface area contributed by atoms with E-state index < -0.39 is 0 Å². The largest absolute Gasteiger partial charge is 0.345 e. The van der Waals surface area contributed by atoms with Crippen LogP contribution in [0.2, 0.25) is 0 Å². The Labute approximate surface area is 144 Å². The number of rotatable bonds is 4. The van der Waals surface area contributed by atoms with E-state index in [9.17, 15) is 9.59 Å². The molecule has 0 atom stereocenters. The molecule has 2 amide bonds. The number of anilines is 1. The summed E-state index contributed by atoms with van der Waals surface area (Å²) in [5.41, 5.74) is 2.32. The monoisotopic (exact) mass is 336 g/mol. The summed E-state index contributed by atoms with van der Waals surface area (Å²) in [7, 11) is 3.38. The highest BCUT2D eigenvalue weighted by molar-refractivity contribution is 6.04. The lowest BCUT2D eigenvalue weighted by Crippen LogP contribution is -2.21. The molecule has 0 unspecified atom stereocenters. The van der Waals surface area contributed by atoms with Gasteiger partial charge in [-0.3, -0.25) is 9.59 Å². The number of hydrogen-bond donors (Lipinski definition) is 1. The molecule has 25 heavy (non-hydrogen) atoms. The van der Waals surface area contributed by atoms with Crippen LogP contribution in [0.4, 0.5) is 5.69 Å². The molecule has 0 fully saturated rings. The first-order chi connectivity index (χ1) is 12.0. The van der Waals surface area contributed by atoms with Gasteiger partial charge in [0.1, 0.15) is 6.33 Å². The van der Waals surface area contributed by atoms with Crippen molar-refractivity contribution in [3.63, 3.8) is 0 Å². The van der Waals surface area contributed by atoms with E-state index in [0.717, 1.165) is 0 Å². The van der Waals surface area contributed by atoms with Gasteiger partial charge in [-0.05, 0) is 52.9 Å². The van der Waals surface area contributed by atoms with Crippen LogP contribution in [0.25, 0.3) is 5.69 Å². The Morgan fingerprint density at radius 2 is 1.80 bits per heavy atom. The minimum absolute atomic E-state index is 0.0907. The zero-order valence-corrected chi connectivity index (χ0v) is 13.7. The average molecular weight is 336 g/mol. The molecule has 1 N–H and O–H groups in total. The quantitative estimate of drug-likeness (QED) is 0.781. The average Bonchev–Trinajstić information content (AvgIpc) is 3.16. The van der Waals surface area contributed by atoms with Gasteiger partial charge in [0.05, 0.1) is 5.69 Å². The zero-order valence-electron chi connectivity index (χ0n) is 13.7. The van der Waals surface area contributed by atoms with Gasteiger partial charge in [-0.25, -0.2) is 4.68 Å². The minimum Gasteiger partial charge on any atom is -0.345 e. The Morgan fingerprint density at radius 1 is 1.04 bits per heavy atom. The standard InChI is InChI=1S/C17H16N6O2/c1-22(2)17(25)12-6-8-14(9-7-12)19-16(24)13-4-3-5-15(10-13)23-11-18-20-21-23/h3-11H,1-2H3,(H,19,24). The molecule has 2 aromatic carbocycles. The highest BCUT2D eigenvalue weighted by atomic mass is 16.2. The molecule has 0 saturated heterocycles. The van der Waals surface area contributed by atoms with Crippen molar-refractivity contribution in [3.05, 3.63) is 66.0 Å². The maximum atomic E-state index is 12.4. The van der Waals surface area contributed by atoms with Gasteiger partial charge < -0.3 is 10.2 Å². The molecule has 8 heteroatoms. The second-order valence-electron chi connectivity index (χ2n) is 5.54. The molecule has 0 radical (unpaired) electrons. The topological polar surface area (TPSA) is 93.0 Å². The molecule has 1 aromatic heterocycles. The number of nitrogens with zero attached hydrogens (tertiary/aromatic N) is 5. The summed E-state index contributed by atoms with van der Waals surface area (Å²) in [5, 5.41) is 13.8. The summed E-state index contributed by atoms with van der Waals surface area (Å²) in [5.74, 6) is -0.353. The second kappa shape index (κ2) is 6.91. The predicted octanol–water partition coefficient (Wildman–Crippen LogP) is 1.62. The Hall–Kier alpha value is -3.55. The summed E-state index contributed by atoms with van der Waals surface area (Å²) in [4.78, 5) is 25.8. The minimum atomic E-state index is -0.262. The van der Waals surface area contributed by atoms with Gasteiger partial charge in [0, 0.05) is 30.9 Å². The lowest BCUT2D eigenvalue weighted by molar-refractivity contribution is 0.0827. The van der Waals surface area contributed by atoms with Crippen LogP contribution in [-0.4, -0.2) is 51.0 Å². The van der Waals surface area contributed by atoms with Crippen LogP contribution in [0.3, 0.4) is 0 Å². The summed E-state index contributed by atoms with van der Waals surface area (Å²) in [6, 6.07) is 13.7. The number of benzene rings is 2. The first-order valence-corrected chi connectivity index (χ1v) is 7.51. The molecular weight excluding hydrogens is 320 g/mol. The van der Waals surface area contributed by atoms with Crippen LogP contribution < -0.4 is 5.32 Å². The molecule has 1 heterocycles. The highest BCUT2D eigenvalue weighted by Crippen LogP contribution is 2.14. The van der Waals surface area contributed by atoms with E-state index >= 15 is 0 Å². The van der Waals surface area contributed by atoms with Crippen molar-refractivity contribution in [2.45, 2.75) is 0 Å². The second-order valence-corrected chi connectivity index (χ2v) is 5.54. The molecule has 8 nitrogen and oxygen atoms in total. The van der Waals surface area contributed by atoms with Crippen LogP contribution in [-0.2, 0) is 0 Å². The molecule has 0 spiro atoms. The molecule has 0 aliphatic heterocycles. The molecule has 126 valence electrons. The summed E-state index contributed by atoms with van der Waals surface area (Å²) < 4.78 is 1.47. The number of carbonyl (C=O) groups excluding carboxylic acids is 2. The molecule has 0 saturated carbocycles. The molecule has 3 rings (SSSR count). The van der Waals surface area contributed by atoms with Gasteiger partial charge in [-0.15, -0.1) is 5.10 Å². The lowest BCUT2D eigenvalue weighted by Gasteiger charge is -2.11. The Balaban J connectivity index is 1.74. The van der Waals surface area contributed by atoms with E-state index in [-0.39, 0.29) is 11.8 Å². The smallest absolute Gasteiger partial charge is 0.255 e. The van der Waals surface area contributed by atoms with Gasteiger partial charge >= 0.3 is 0 Å². The predicted molar refractivity (Wildman–Crippen MR) is 91.6 cm³/mol. The third kappa shape index (κ3) is 3.69. The molecule has 0 bridgehead atoms. The maximum Gasteiger partial charge on any atom is 0.255 e. The number of nitrogens with one attached hydrogen (secondary N) is 1. The van der Waals surface area contributed by atoms with Crippen molar-refractivity contribution in [2.75, 3.05) is 19.4 Å². The number of amides is 2. The Bertz CT molecular complexity index is 888. The van der Waals surface area contributed by atoms with Gasteiger partial charge in [0.25, 0.3) is 11.8 Å². The third-order valence-corrected chi connectivity index (χ3v) is 3.52. The number of hydrogen-bond acceptors (Lipinski definition) is 5. The summed E-state index contributed by atoms with van der Waals surface area (Å²) in [6.45, 7) is 0. The van der Waals surface area contributed by atoms with Gasteiger partial charge in [0.2, 0.25) is 0 Å². The first kappa shape index (κ1) is 16.3.